The minimum absolute atomic E-state index is 0.756. The smallest absolute Gasteiger partial charge is 0.0938 e. The third-order valence-electron chi connectivity index (χ3n) is 3.26. The van der Waals surface area contributed by atoms with Crippen molar-refractivity contribution in [2.45, 2.75) is 32.6 Å². The number of nitrogens with two attached hydrogens (primary N) is 1. The Hall–Kier alpha value is -0.930. The molecule has 17 heavy (non-hydrogen) atoms. The fraction of sp³-hybridized carbons (Fsp3) is 0.500. The first kappa shape index (κ1) is 12.5. The van der Waals surface area contributed by atoms with Crippen molar-refractivity contribution in [2.24, 2.45) is 11.7 Å². The summed E-state index contributed by atoms with van der Waals surface area (Å²) < 4.78 is 1.30. The second-order valence-electron chi connectivity index (χ2n) is 4.47. The van der Waals surface area contributed by atoms with Gasteiger partial charge in [0.1, 0.15) is 0 Å². The molecule has 2 nitrogen and oxygen atoms in total. The third-order valence-corrected chi connectivity index (χ3v) is 4.35. The van der Waals surface area contributed by atoms with Crippen LogP contribution in [0.1, 0.15) is 31.2 Å². The van der Waals surface area contributed by atoms with Crippen molar-refractivity contribution in [3.8, 4) is 0 Å². The lowest BCUT2D eigenvalue weighted by molar-refractivity contribution is 0.443. The lowest BCUT2D eigenvalue weighted by Gasteiger charge is -2.11. The standard InChI is InChI=1S/C14H20N2S/c1-2-11(9-10-15)7-8-14-16-12-5-3-4-6-13(12)17-14/h3-6,11H,2,7-10,15H2,1H3. The van der Waals surface area contributed by atoms with Crippen molar-refractivity contribution >= 4 is 21.6 Å². The molecule has 0 fully saturated rings. The highest BCUT2D eigenvalue weighted by atomic mass is 32.1. The van der Waals surface area contributed by atoms with Gasteiger partial charge in [0.2, 0.25) is 0 Å². The Morgan fingerprint density at radius 3 is 2.82 bits per heavy atom. The van der Waals surface area contributed by atoms with Crippen molar-refractivity contribution in [1.82, 2.24) is 4.98 Å². The summed E-state index contributed by atoms with van der Waals surface area (Å²) in [6, 6.07) is 8.36. The minimum Gasteiger partial charge on any atom is -0.330 e. The second kappa shape index (κ2) is 6.12. The molecule has 2 N–H and O–H groups in total. The van der Waals surface area contributed by atoms with Gasteiger partial charge in [0.05, 0.1) is 15.2 Å². The predicted molar refractivity (Wildman–Crippen MR) is 75.4 cm³/mol. The van der Waals surface area contributed by atoms with Crippen LogP contribution in [0.4, 0.5) is 0 Å². The molecule has 1 unspecified atom stereocenters. The zero-order valence-electron chi connectivity index (χ0n) is 10.4. The molecule has 1 aromatic heterocycles. The maximum atomic E-state index is 5.62. The van der Waals surface area contributed by atoms with Gasteiger partial charge < -0.3 is 5.73 Å². The van der Waals surface area contributed by atoms with Crippen LogP contribution >= 0.6 is 11.3 Å². The summed E-state index contributed by atoms with van der Waals surface area (Å²) in [5.41, 5.74) is 6.76. The van der Waals surface area contributed by atoms with Gasteiger partial charge >= 0.3 is 0 Å². The van der Waals surface area contributed by atoms with Crippen LogP contribution in [0, 0.1) is 5.92 Å². The molecular formula is C14H20N2S. The average molecular weight is 248 g/mol. The van der Waals surface area contributed by atoms with Gasteiger partial charge in [-0.2, -0.15) is 0 Å². The molecule has 0 saturated heterocycles. The Balaban J connectivity index is 1.98. The van der Waals surface area contributed by atoms with Gasteiger partial charge in [-0.15, -0.1) is 11.3 Å². The lowest BCUT2D eigenvalue weighted by Crippen LogP contribution is -2.08. The summed E-state index contributed by atoms with van der Waals surface area (Å²) in [6.07, 6.45) is 4.68. The largest absolute Gasteiger partial charge is 0.330 e. The summed E-state index contributed by atoms with van der Waals surface area (Å²) in [7, 11) is 0. The molecular weight excluding hydrogens is 228 g/mol. The number of aryl methyl sites for hydroxylation is 1. The number of aromatic nitrogens is 1. The number of nitrogens with zero attached hydrogens (tertiary/aromatic N) is 1. The molecule has 0 saturated carbocycles. The minimum atomic E-state index is 0.756. The molecule has 0 bridgehead atoms. The van der Waals surface area contributed by atoms with E-state index in [1.807, 2.05) is 11.3 Å². The molecule has 0 aliphatic heterocycles. The SMILES string of the molecule is CCC(CCN)CCc1nc2ccccc2s1. The van der Waals surface area contributed by atoms with Gasteiger partial charge in [0, 0.05) is 0 Å². The van der Waals surface area contributed by atoms with E-state index in [4.69, 9.17) is 5.73 Å². The van der Waals surface area contributed by atoms with Gasteiger partial charge in [-0.25, -0.2) is 4.98 Å². The average Bonchev–Trinajstić information content (AvgIpc) is 2.77. The molecule has 2 rings (SSSR count). The molecule has 1 aromatic carbocycles. The van der Waals surface area contributed by atoms with E-state index in [1.54, 1.807) is 0 Å². The van der Waals surface area contributed by atoms with E-state index >= 15 is 0 Å². The first-order valence-electron chi connectivity index (χ1n) is 6.38. The molecule has 0 aliphatic rings. The fourth-order valence-corrected chi connectivity index (χ4v) is 3.13. The highest BCUT2D eigenvalue weighted by Gasteiger charge is 2.08. The maximum Gasteiger partial charge on any atom is 0.0938 e. The number of thiazole rings is 1. The highest BCUT2D eigenvalue weighted by Crippen LogP contribution is 2.24. The van der Waals surface area contributed by atoms with Crippen LogP contribution < -0.4 is 5.73 Å². The van der Waals surface area contributed by atoms with Crippen LogP contribution in [0.2, 0.25) is 0 Å². The van der Waals surface area contributed by atoms with E-state index in [0.717, 1.165) is 30.8 Å². The Kier molecular flexibility index (Phi) is 4.51. The number of benzene rings is 1. The van der Waals surface area contributed by atoms with Crippen LogP contribution in [-0.2, 0) is 6.42 Å². The van der Waals surface area contributed by atoms with Crippen LogP contribution in [0.5, 0.6) is 0 Å². The van der Waals surface area contributed by atoms with Crippen molar-refractivity contribution in [3.63, 3.8) is 0 Å². The number of para-hydroxylation sites is 1. The van der Waals surface area contributed by atoms with Gasteiger partial charge in [-0.05, 0) is 43.9 Å². The van der Waals surface area contributed by atoms with Crippen LogP contribution in [-0.4, -0.2) is 11.5 Å². The number of fused-ring (bicyclic) bond motifs is 1. The predicted octanol–water partition coefficient (Wildman–Crippen LogP) is 3.60. The van der Waals surface area contributed by atoms with Crippen LogP contribution in [0.25, 0.3) is 10.2 Å². The first-order chi connectivity index (χ1) is 8.33. The first-order valence-corrected chi connectivity index (χ1v) is 7.19. The molecule has 2 aromatic rings. The number of hydrogen-bond acceptors (Lipinski definition) is 3. The highest BCUT2D eigenvalue weighted by molar-refractivity contribution is 7.18. The second-order valence-corrected chi connectivity index (χ2v) is 5.58. The number of rotatable bonds is 6. The fourth-order valence-electron chi connectivity index (χ4n) is 2.14. The summed E-state index contributed by atoms with van der Waals surface area (Å²) in [5.74, 6) is 0.756. The molecule has 0 amide bonds. The van der Waals surface area contributed by atoms with E-state index in [2.05, 4.69) is 36.2 Å². The molecule has 1 atom stereocenters. The quantitative estimate of drug-likeness (QED) is 0.848. The zero-order valence-corrected chi connectivity index (χ0v) is 11.2. The molecule has 3 heteroatoms. The third kappa shape index (κ3) is 3.27. The summed E-state index contributed by atoms with van der Waals surface area (Å²) >= 11 is 1.83. The Morgan fingerprint density at radius 1 is 1.29 bits per heavy atom. The molecule has 1 heterocycles. The van der Waals surface area contributed by atoms with Crippen molar-refractivity contribution in [3.05, 3.63) is 29.3 Å². The molecule has 0 aliphatic carbocycles. The van der Waals surface area contributed by atoms with Crippen molar-refractivity contribution < 1.29 is 0 Å². The van der Waals surface area contributed by atoms with Gasteiger partial charge in [-0.3, -0.25) is 0 Å². The zero-order chi connectivity index (χ0) is 12.1. The van der Waals surface area contributed by atoms with E-state index in [9.17, 15) is 0 Å². The molecule has 0 spiro atoms. The maximum absolute atomic E-state index is 5.62. The summed E-state index contributed by atoms with van der Waals surface area (Å²) in [5, 5.41) is 1.27. The Morgan fingerprint density at radius 2 is 2.12 bits per heavy atom. The summed E-state index contributed by atoms with van der Waals surface area (Å²) in [4.78, 5) is 4.67. The Bertz CT molecular complexity index is 431. The van der Waals surface area contributed by atoms with Crippen LogP contribution in [0.15, 0.2) is 24.3 Å². The van der Waals surface area contributed by atoms with E-state index in [0.29, 0.717) is 0 Å². The van der Waals surface area contributed by atoms with E-state index < -0.39 is 0 Å². The van der Waals surface area contributed by atoms with E-state index in [1.165, 1.54) is 22.5 Å². The van der Waals surface area contributed by atoms with Crippen molar-refractivity contribution in [1.29, 1.82) is 0 Å². The number of hydrogen-bond donors (Lipinski definition) is 1. The Labute approximate surface area is 107 Å². The van der Waals surface area contributed by atoms with E-state index in [-0.39, 0.29) is 0 Å². The van der Waals surface area contributed by atoms with Crippen molar-refractivity contribution in [2.75, 3.05) is 6.54 Å². The summed E-state index contributed by atoms with van der Waals surface area (Å²) in [6.45, 7) is 3.05. The van der Waals surface area contributed by atoms with Gasteiger partial charge in [0.25, 0.3) is 0 Å². The van der Waals surface area contributed by atoms with Gasteiger partial charge in [0.15, 0.2) is 0 Å². The molecule has 92 valence electrons. The normalized spacial score (nSPS) is 13.1. The topological polar surface area (TPSA) is 38.9 Å². The van der Waals surface area contributed by atoms with Gasteiger partial charge in [-0.1, -0.05) is 25.5 Å². The van der Waals surface area contributed by atoms with Crippen LogP contribution in [0.3, 0.4) is 0 Å². The molecule has 0 radical (unpaired) electrons. The monoisotopic (exact) mass is 248 g/mol. The lowest BCUT2D eigenvalue weighted by atomic mass is 9.97.